The Bertz CT molecular complexity index is 490. The van der Waals surface area contributed by atoms with Gasteiger partial charge in [0.15, 0.2) is 0 Å². The smallest absolute Gasteiger partial charge is 0.264 e. The van der Waals surface area contributed by atoms with Crippen molar-refractivity contribution < 1.29 is 9.59 Å². The minimum Gasteiger partial charge on any atom is -0.398 e. The lowest BCUT2D eigenvalue weighted by atomic mass is 10.2. The van der Waals surface area contributed by atoms with E-state index in [1.165, 1.54) is 11.3 Å². The van der Waals surface area contributed by atoms with Crippen LogP contribution in [0.25, 0.3) is 0 Å². The summed E-state index contributed by atoms with van der Waals surface area (Å²) in [5.41, 5.74) is 6.43. The van der Waals surface area contributed by atoms with Crippen LogP contribution in [-0.4, -0.2) is 48.3 Å². The first kappa shape index (κ1) is 13.9. The van der Waals surface area contributed by atoms with E-state index in [-0.39, 0.29) is 17.9 Å². The predicted molar refractivity (Wildman–Crippen MR) is 76.2 cm³/mol. The number of nitrogen functional groups attached to an aromatic ring is 1. The van der Waals surface area contributed by atoms with Crippen LogP contribution in [0.2, 0.25) is 0 Å². The van der Waals surface area contributed by atoms with Gasteiger partial charge in [0.2, 0.25) is 5.91 Å². The summed E-state index contributed by atoms with van der Waals surface area (Å²) in [5.74, 6) is -0.0883. The number of thiophene rings is 1. The molecule has 0 saturated carbocycles. The molecule has 1 aromatic heterocycles. The molecule has 1 unspecified atom stereocenters. The average molecular weight is 281 g/mol. The molecule has 104 valence electrons. The van der Waals surface area contributed by atoms with Crippen LogP contribution in [0.4, 0.5) is 5.69 Å². The summed E-state index contributed by atoms with van der Waals surface area (Å²) in [5, 5.41) is 0. The molecule has 0 spiro atoms. The Morgan fingerprint density at radius 3 is 2.68 bits per heavy atom. The highest BCUT2D eigenvalue weighted by Gasteiger charge is 2.35. The van der Waals surface area contributed by atoms with Crippen molar-refractivity contribution in [2.24, 2.45) is 0 Å². The molecule has 1 fully saturated rings. The number of amides is 2. The zero-order chi connectivity index (χ0) is 14.2. The van der Waals surface area contributed by atoms with E-state index in [4.69, 9.17) is 5.73 Å². The second-order valence-corrected chi connectivity index (χ2v) is 6.27. The van der Waals surface area contributed by atoms with Crippen LogP contribution in [0.15, 0.2) is 6.07 Å². The summed E-state index contributed by atoms with van der Waals surface area (Å²) in [4.78, 5) is 29.3. The van der Waals surface area contributed by atoms with Crippen LogP contribution < -0.4 is 5.73 Å². The molecule has 2 amide bonds. The predicted octanol–water partition coefficient (Wildman–Crippen LogP) is 1.33. The standard InChI is InChI=1S/C13H19N3O2S/c1-8-9(14)7-11(19-8)13(18)16-6-4-5-10(16)12(17)15(2)3/h7,10H,4-6,14H2,1-3H3. The van der Waals surface area contributed by atoms with Crippen molar-refractivity contribution in [3.63, 3.8) is 0 Å². The zero-order valence-corrected chi connectivity index (χ0v) is 12.3. The zero-order valence-electron chi connectivity index (χ0n) is 11.5. The lowest BCUT2D eigenvalue weighted by Crippen LogP contribution is -2.45. The van der Waals surface area contributed by atoms with Crippen molar-refractivity contribution in [2.45, 2.75) is 25.8 Å². The topological polar surface area (TPSA) is 66.6 Å². The van der Waals surface area contributed by atoms with Gasteiger partial charge in [0.1, 0.15) is 6.04 Å². The van der Waals surface area contributed by atoms with Gasteiger partial charge >= 0.3 is 0 Å². The molecule has 1 saturated heterocycles. The lowest BCUT2D eigenvalue weighted by Gasteiger charge is -2.25. The summed E-state index contributed by atoms with van der Waals surface area (Å²) in [6.07, 6.45) is 1.61. The van der Waals surface area contributed by atoms with Gasteiger partial charge < -0.3 is 15.5 Å². The van der Waals surface area contributed by atoms with Gasteiger partial charge in [-0.25, -0.2) is 0 Å². The van der Waals surface area contributed by atoms with Gasteiger partial charge in [-0.1, -0.05) is 0 Å². The highest BCUT2D eigenvalue weighted by molar-refractivity contribution is 7.14. The highest BCUT2D eigenvalue weighted by Crippen LogP contribution is 2.28. The van der Waals surface area contributed by atoms with E-state index in [1.807, 2.05) is 6.92 Å². The molecule has 0 aliphatic carbocycles. The van der Waals surface area contributed by atoms with Crippen molar-refractivity contribution in [3.8, 4) is 0 Å². The average Bonchev–Trinajstić information content (AvgIpc) is 2.95. The fourth-order valence-corrected chi connectivity index (χ4v) is 3.20. The maximum Gasteiger partial charge on any atom is 0.264 e. The van der Waals surface area contributed by atoms with Gasteiger partial charge in [-0.15, -0.1) is 11.3 Å². The molecule has 1 aromatic rings. The molecular formula is C13H19N3O2S. The summed E-state index contributed by atoms with van der Waals surface area (Å²) in [6.45, 7) is 2.53. The minimum atomic E-state index is -0.328. The molecule has 1 aliphatic heterocycles. The summed E-state index contributed by atoms with van der Waals surface area (Å²) < 4.78 is 0. The Balaban J connectivity index is 2.20. The van der Waals surface area contributed by atoms with Crippen molar-refractivity contribution in [1.82, 2.24) is 9.80 Å². The second-order valence-electron chi connectivity index (χ2n) is 5.01. The maximum absolute atomic E-state index is 12.5. The Morgan fingerprint density at radius 2 is 2.16 bits per heavy atom. The number of rotatable bonds is 2. The van der Waals surface area contributed by atoms with Crippen molar-refractivity contribution in [1.29, 1.82) is 0 Å². The third-order valence-corrected chi connectivity index (χ3v) is 4.46. The van der Waals surface area contributed by atoms with Gasteiger partial charge in [-0.2, -0.15) is 0 Å². The van der Waals surface area contributed by atoms with Crippen LogP contribution in [0.1, 0.15) is 27.4 Å². The first-order valence-corrected chi connectivity index (χ1v) is 7.11. The van der Waals surface area contributed by atoms with Crippen molar-refractivity contribution >= 4 is 28.8 Å². The number of carbonyl (C=O) groups is 2. The van der Waals surface area contributed by atoms with E-state index in [0.29, 0.717) is 17.1 Å². The molecule has 0 aromatic carbocycles. The van der Waals surface area contributed by atoms with E-state index in [2.05, 4.69) is 0 Å². The molecular weight excluding hydrogens is 262 g/mol. The highest BCUT2D eigenvalue weighted by atomic mass is 32.1. The molecule has 1 atom stereocenters. The number of hydrogen-bond donors (Lipinski definition) is 1. The molecule has 2 rings (SSSR count). The monoisotopic (exact) mass is 281 g/mol. The quantitative estimate of drug-likeness (QED) is 0.889. The number of likely N-dealkylation sites (N-methyl/N-ethyl adjacent to an activating group) is 1. The number of hydrogen-bond acceptors (Lipinski definition) is 4. The number of likely N-dealkylation sites (tertiary alicyclic amines) is 1. The Kier molecular flexibility index (Phi) is 3.80. The minimum absolute atomic E-state index is 0.00731. The SMILES string of the molecule is Cc1sc(C(=O)N2CCCC2C(=O)N(C)C)cc1N. The largest absolute Gasteiger partial charge is 0.398 e. The van der Waals surface area contributed by atoms with E-state index in [9.17, 15) is 9.59 Å². The number of nitrogens with zero attached hydrogens (tertiary/aromatic N) is 2. The van der Waals surface area contributed by atoms with Gasteiger partial charge in [0.05, 0.1) is 4.88 Å². The Labute approximate surface area is 117 Å². The third kappa shape index (κ3) is 2.58. The molecule has 19 heavy (non-hydrogen) atoms. The summed E-state index contributed by atoms with van der Waals surface area (Å²) in [6, 6.07) is 1.38. The Hall–Kier alpha value is -1.56. The van der Waals surface area contributed by atoms with E-state index >= 15 is 0 Å². The number of aryl methyl sites for hydroxylation is 1. The number of nitrogens with two attached hydrogens (primary N) is 1. The lowest BCUT2D eigenvalue weighted by molar-refractivity contribution is -0.132. The molecule has 2 N–H and O–H groups in total. The number of anilines is 1. The van der Waals surface area contributed by atoms with Crippen LogP contribution in [0.3, 0.4) is 0 Å². The second kappa shape index (κ2) is 5.21. The fraction of sp³-hybridized carbons (Fsp3) is 0.538. The van der Waals surface area contributed by atoms with Gasteiger partial charge in [0, 0.05) is 31.2 Å². The molecule has 6 heteroatoms. The van der Waals surface area contributed by atoms with Crippen molar-refractivity contribution in [2.75, 3.05) is 26.4 Å². The maximum atomic E-state index is 12.5. The molecule has 2 heterocycles. The van der Waals surface area contributed by atoms with Crippen LogP contribution in [0, 0.1) is 6.92 Å². The van der Waals surface area contributed by atoms with E-state index in [1.54, 1.807) is 30.0 Å². The Morgan fingerprint density at radius 1 is 1.47 bits per heavy atom. The summed E-state index contributed by atoms with van der Waals surface area (Å²) >= 11 is 1.39. The van der Waals surface area contributed by atoms with Crippen LogP contribution in [0.5, 0.6) is 0 Å². The van der Waals surface area contributed by atoms with Gasteiger partial charge in [-0.05, 0) is 25.8 Å². The van der Waals surface area contributed by atoms with Crippen LogP contribution >= 0.6 is 11.3 Å². The van der Waals surface area contributed by atoms with Crippen molar-refractivity contribution in [3.05, 3.63) is 15.8 Å². The molecule has 0 radical (unpaired) electrons. The van der Waals surface area contributed by atoms with E-state index in [0.717, 1.165) is 17.7 Å². The molecule has 0 bridgehead atoms. The van der Waals surface area contributed by atoms with E-state index < -0.39 is 0 Å². The number of carbonyl (C=O) groups excluding carboxylic acids is 2. The van der Waals surface area contributed by atoms with Gasteiger partial charge in [-0.3, -0.25) is 9.59 Å². The first-order chi connectivity index (χ1) is 8.91. The van der Waals surface area contributed by atoms with Crippen LogP contribution in [-0.2, 0) is 4.79 Å². The third-order valence-electron chi connectivity index (χ3n) is 3.41. The molecule has 1 aliphatic rings. The summed E-state index contributed by atoms with van der Waals surface area (Å²) in [7, 11) is 3.44. The molecule has 5 nitrogen and oxygen atoms in total. The first-order valence-electron chi connectivity index (χ1n) is 6.30. The normalized spacial score (nSPS) is 18.7. The fourth-order valence-electron chi connectivity index (χ4n) is 2.31. The van der Waals surface area contributed by atoms with Gasteiger partial charge in [0.25, 0.3) is 5.91 Å².